The summed E-state index contributed by atoms with van der Waals surface area (Å²) in [4.78, 5) is 2.39. The minimum absolute atomic E-state index is 1.01. The number of benzene rings is 5. The highest BCUT2D eigenvalue weighted by molar-refractivity contribution is 14.1. The highest BCUT2D eigenvalue weighted by Gasteiger charge is 2.17. The number of nitrogens with zero attached hydrogens (tertiary/aromatic N) is 1. The molecular formula is C27H20IN. The monoisotopic (exact) mass is 485 g/mol. The lowest BCUT2D eigenvalue weighted by Gasteiger charge is -2.28. The van der Waals surface area contributed by atoms with Gasteiger partial charge in [-0.2, -0.15) is 0 Å². The van der Waals surface area contributed by atoms with E-state index in [1.165, 1.54) is 44.2 Å². The van der Waals surface area contributed by atoms with Crippen molar-refractivity contribution < 1.29 is 0 Å². The van der Waals surface area contributed by atoms with Crippen molar-refractivity contribution in [2.24, 2.45) is 0 Å². The molecule has 0 N–H and O–H groups in total. The van der Waals surface area contributed by atoms with Gasteiger partial charge in [0.2, 0.25) is 0 Å². The van der Waals surface area contributed by atoms with Gasteiger partial charge in [0.05, 0.1) is 11.4 Å². The predicted molar refractivity (Wildman–Crippen MR) is 134 cm³/mol. The molecule has 0 radical (unpaired) electrons. The van der Waals surface area contributed by atoms with Crippen molar-refractivity contribution in [2.75, 3.05) is 4.90 Å². The normalized spacial score (nSPS) is 11.1. The molecule has 5 aromatic rings. The Kier molecular flexibility index (Phi) is 4.94. The van der Waals surface area contributed by atoms with E-state index in [2.05, 4.69) is 137 Å². The maximum Gasteiger partial charge on any atom is 0.0540 e. The van der Waals surface area contributed by atoms with Gasteiger partial charge < -0.3 is 4.90 Å². The molecule has 0 amide bonds. The Labute approximate surface area is 184 Å². The molecule has 0 spiro atoms. The lowest BCUT2D eigenvalue weighted by Crippen LogP contribution is -2.11. The summed E-state index contributed by atoms with van der Waals surface area (Å²) in [7, 11) is 0. The highest BCUT2D eigenvalue weighted by Crippen LogP contribution is 2.41. The SMILES string of the molecule is ICc1ccc(N(c2cccc3ccccc23)c2cccc3ccccc23)cc1. The Morgan fingerprint density at radius 3 is 1.52 bits per heavy atom. The predicted octanol–water partition coefficient (Wildman–Crippen LogP) is 8.40. The van der Waals surface area contributed by atoms with Crippen LogP contribution in [0.1, 0.15) is 5.56 Å². The van der Waals surface area contributed by atoms with E-state index in [1.54, 1.807) is 0 Å². The number of rotatable bonds is 4. The van der Waals surface area contributed by atoms with Crippen molar-refractivity contribution >= 4 is 61.2 Å². The van der Waals surface area contributed by atoms with Crippen molar-refractivity contribution in [3.05, 3.63) is 115 Å². The molecule has 29 heavy (non-hydrogen) atoms. The van der Waals surface area contributed by atoms with Crippen molar-refractivity contribution in [1.29, 1.82) is 0 Å². The molecule has 0 aliphatic carbocycles. The van der Waals surface area contributed by atoms with Crippen LogP contribution >= 0.6 is 22.6 Å². The third-order valence-corrected chi connectivity index (χ3v) is 6.24. The van der Waals surface area contributed by atoms with E-state index in [1.807, 2.05) is 0 Å². The van der Waals surface area contributed by atoms with Crippen LogP contribution in [-0.2, 0) is 4.43 Å². The molecule has 0 saturated carbocycles. The molecule has 0 atom stereocenters. The third-order valence-electron chi connectivity index (χ3n) is 5.36. The Bertz CT molecular complexity index is 1200. The molecule has 0 saturated heterocycles. The summed E-state index contributed by atoms with van der Waals surface area (Å²) < 4.78 is 1.01. The topological polar surface area (TPSA) is 3.24 Å². The molecule has 0 fully saturated rings. The van der Waals surface area contributed by atoms with E-state index in [0.717, 1.165) is 4.43 Å². The van der Waals surface area contributed by atoms with Crippen molar-refractivity contribution in [3.63, 3.8) is 0 Å². The fourth-order valence-electron chi connectivity index (χ4n) is 3.95. The summed E-state index contributed by atoms with van der Waals surface area (Å²) in [5.41, 5.74) is 4.90. The van der Waals surface area contributed by atoms with Gasteiger partial charge in [-0.15, -0.1) is 0 Å². The zero-order valence-corrected chi connectivity index (χ0v) is 18.1. The largest absolute Gasteiger partial charge is 0.309 e. The standard InChI is InChI=1S/C27H20IN/c28-19-20-15-17-23(18-16-20)29(26-13-5-9-21-7-1-3-11-24(21)26)27-14-6-10-22-8-2-4-12-25(22)27/h1-18H,19H2. The molecule has 1 nitrogen and oxygen atoms in total. The molecule has 0 aliphatic heterocycles. The van der Waals surface area contributed by atoms with Crippen LogP contribution in [0.15, 0.2) is 109 Å². The molecule has 0 heterocycles. The smallest absolute Gasteiger partial charge is 0.0540 e. The number of halogens is 1. The number of hydrogen-bond donors (Lipinski definition) is 0. The van der Waals surface area contributed by atoms with Gasteiger partial charge in [0.1, 0.15) is 0 Å². The first kappa shape index (κ1) is 18.2. The zero-order chi connectivity index (χ0) is 19.6. The quantitative estimate of drug-likeness (QED) is 0.183. The first-order valence-corrected chi connectivity index (χ1v) is 11.3. The van der Waals surface area contributed by atoms with E-state index >= 15 is 0 Å². The van der Waals surface area contributed by atoms with Crippen LogP contribution in [0.3, 0.4) is 0 Å². The van der Waals surface area contributed by atoms with Gasteiger partial charge in [0.15, 0.2) is 0 Å². The summed E-state index contributed by atoms with van der Waals surface area (Å²) in [5.74, 6) is 0. The van der Waals surface area contributed by atoms with Gasteiger partial charge in [-0.25, -0.2) is 0 Å². The van der Waals surface area contributed by atoms with Crippen LogP contribution < -0.4 is 4.90 Å². The van der Waals surface area contributed by atoms with Crippen LogP contribution in [0.25, 0.3) is 21.5 Å². The van der Waals surface area contributed by atoms with Crippen molar-refractivity contribution in [3.8, 4) is 0 Å². The second-order valence-corrected chi connectivity index (χ2v) is 7.89. The number of fused-ring (bicyclic) bond motifs is 2. The molecule has 0 bridgehead atoms. The minimum Gasteiger partial charge on any atom is -0.309 e. The lowest BCUT2D eigenvalue weighted by atomic mass is 10.0. The van der Waals surface area contributed by atoms with Crippen LogP contribution in [-0.4, -0.2) is 0 Å². The van der Waals surface area contributed by atoms with Gasteiger partial charge in [0, 0.05) is 20.9 Å². The molecule has 5 aromatic carbocycles. The molecule has 0 aromatic heterocycles. The molecule has 2 heteroatoms. The third kappa shape index (κ3) is 3.38. The van der Waals surface area contributed by atoms with Crippen LogP contribution in [0.5, 0.6) is 0 Å². The average Bonchev–Trinajstić information content (AvgIpc) is 2.80. The van der Waals surface area contributed by atoms with E-state index < -0.39 is 0 Å². The van der Waals surface area contributed by atoms with Crippen molar-refractivity contribution in [1.82, 2.24) is 0 Å². The zero-order valence-electron chi connectivity index (χ0n) is 15.9. The van der Waals surface area contributed by atoms with E-state index in [0.29, 0.717) is 0 Å². The Morgan fingerprint density at radius 1 is 0.517 bits per heavy atom. The summed E-state index contributed by atoms with van der Waals surface area (Å²) in [6, 6.07) is 39.2. The van der Waals surface area contributed by atoms with Crippen LogP contribution in [0.4, 0.5) is 17.1 Å². The van der Waals surface area contributed by atoms with Gasteiger partial charge in [-0.3, -0.25) is 0 Å². The summed E-state index contributed by atoms with van der Waals surface area (Å²) in [6.07, 6.45) is 0. The summed E-state index contributed by atoms with van der Waals surface area (Å²) >= 11 is 2.41. The molecule has 0 aliphatic rings. The van der Waals surface area contributed by atoms with Gasteiger partial charge in [0.25, 0.3) is 0 Å². The maximum atomic E-state index is 2.41. The number of alkyl halides is 1. The second-order valence-electron chi connectivity index (χ2n) is 7.13. The fraction of sp³-hybridized carbons (Fsp3) is 0.0370. The van der Waals surface area contributed by atoms with Gasteiger partial charge in [-0.1, -0.05) is 108 Å². The van der Waals surface area contributed by atoms with Gasteiger partial charge in [-0.05, 0) is 40.6 Å². The molecular weight excluding hydrogens is 465 g/mol. The van der Waals surface area contributed by atoms with Crippen LogP contribution in [0, 0.1) is 0 Å². The van der Waals surface area contributed by atoms with Crippen LogP contribution in [0.2, 0.25) is 0 Å². The highest BCUT2D eigenvalue weighted by atomic mass is 127. The maximum absolute atomic E-state index is 2.41. The molecule has 5 rings (SSSR count). The summed E-state index contributed by atoms with van der Waals surface area (Å²) in [6.45, 7) is 0. The Morgan fingerprint density at radius 2 is 1.00 bits per heavy atom. The van der Waals surface area contributed by atoms with E-state index in [-0.39, 0.29) is 0 Å². The van der Waals surface area contributed by atoms with E-state index in [4.69, 9.17) is 0 Å². The first-order chi connectivity index (χ1) is 14.3. The fourth-order valence-corrected chi connectivity index (χ4v) is 4.46. The molecule has 140 valence electrons. The lowest BCUT2D eigenvalue weighted by molar-refractivity contribution is 1.30. The molecule has 0 unspecified atom stereocenters. The Balaban J connectivity index is 1.81. The average molecular weight is 485 g/mol. The van der Waals surface area contributed by atoms with Crippen molar-refractivity contribution in [2.45, 2.75) is 4.43 Å². The number of hydrogen-bond acceptors (Lipinski definition) is 1. The van der Waals surface area contributed by atoms with Gasteiger partial charge >= 0.3 is 0 Å². The number of anilines is 3. The summed E-state index contributed by atoms with van der Waals surface area (Å²) in [5, 5.41) is 5.00. The first-order valence-electron chi connectivity index (χ1n) is 9.76. The Hall–Kier alpha value is -2.85. The van der Waals surface area contributed by atoms with E-state index in [9.17, 15) is 0 Å². The minimum atomic E-state index is 1.01. The second kappa shape index (κ2) is 7.88.